The molecule has 0 aliphatic rings. The van der Waals surface area contributed by atoms with Gasteiger partial charge in [-0.2, -0.15) is 0 Å². The van der Waals surface area contributed by atoms with E-state index in [9.17, 15) is 4.79 Å². The molecule has 0 saturated carbocycles. The van der Waals surface area contributed by atoms with Gasteiger partial charge in [-0.3, -0.25) is 4.99 Å². The minimum absolute atomic E-state index is 0.188. The van der Waals surface area contributed by atoms with Crippen molar-refractivity contribution in [2.24, 2.45) is 22.4 Å². The molecule has 0 aliphatic carbocycles. The molecular formula is C8H18N4O2. The van der Waals surface area contributed by atoms with Crippen molar-refractivity contribution in [3.8, 4) is 0 Å². The molecule has 0 saturated heterocycles. The number of carbonyl (C=O) groups excluding carboxylic acids is 1. The molecule has 0 aromatic heterocycles. The first kappa shape index (κ1) is 12.5. The molecule has 1 amide bonds. The van der Waals surface area contributed by atoms with Gasteiger partial charge in [-0.05, 0) is 5.92 Å². The van der Waals surface area contributed by atoms with Crippen LogP contribution in [0.4, 0.5) is 4.79 Å². The minimum atomic E-state index is -0.788. The average Bonchev–Trinajstić information content (AvgIpc) is 2.08. The molecule has 0 rings (SSSR count). The maximum Gasteiger partial charge on any atom is 0.404 e. The molecule has 0 atom stereocenters. The number of nitrogens with two attached hydrogens (primary N) is 2. The van der Waals surface area contributed by atoms with Crippen molar-refractivity contribution >= 4 is 12.1 Å². The molecule has 14 heavy (non-hydrogen) atoms. The van der Waals surface area contributed by atoms with Gasteiger partial charge in [-0.25, -0.2) is 4.79 Å². The second-order valence-electron chi connectivity index (χ2n) is 3.21. The normalized spacial score (nSPS) is 11.5. The van der Waals surface area contributed by atoms with E-state index >= 15 is 0 Å². The monoisotopic (exact) mass is 202 g/mol. The summed E-state index contributed by atoms with van der Waals surface area (Å²) < 4.78 is 4.48. The molecule has 0 spiro atoms. The number of carbonyl (C=O) groups is 1. The van der Waals surface area contributed by atoms with E-state index in [4.69, 9.17) is 11.5 Å². The van der Waals surface area contributed by atoms with Gasteiger partial charge < -0.3 is 21.5 Å². The largest absolute Gasteiger partial charge is 0.448 e. The van der Waals surface area contributed by atoms with Crippen molar-refractivity contribution in [3.05, 3.63) is 0 Å². The zero-order valence-electron chi connectivity index (χ0n) is 8.62. The summed E-state index contributed by atoms with van der Waals surface area (Å²) in [6, 6.07) is 0. The molecule has 0 heterocycles. The van der Waals surface area contributed by atoms with Crippen molar-refractivity contribution in [1.82, 2.24) is 5.32 Å². The predicted octanol–water partition coefficient (Wildman–Crippen LogP) is -0.358. The van der Waals surface area contributed by atoms with E-state index < -0.39 is 6.09 Å². The third-order valence-corrected chi connectivity index (χ3v) is 1.28. The van der Waals surface area contributed by atoms with E-state index in [1.165, 1.54) is 0 Å². The molecule has 5 N–H and O–H groups in total. The Balaban J connectivity index is 3.48. The summed E-state index contributed by atoms with van der Waals surface area (Å²) in [4.78, 5) is 14.2. The third-order valence-electron chi connectivity index (χ3n) is 1.28. The highest BCUT2D eigenvalue weighted by Gasteiger charge is 1.95. The lowest BCUT2D eigenvalue weighted by atomic mass is 10.2. The van der Waals surface area contributed by atoms with E-state index in [0.717, 1.165) is 0 Å². The number of amides is 1. The van der Waals surface area contributed by atoms with Gasteiger partial charge in [0.05, 0.1) is 6.54 Å². The Morgan fingerprint density at radius 1 is 1.50 bits per heavy atom. The molecular weight excluding hydrogens is 184 g/mol. The van der Waals surface area contributed by atoms with Crippen LogP contribution in [0.25, 0.3) is 0 Å². The highest BCUT2D eigenvalue weighted by molar-refractivity contribution is 5.77. The molecule has 82 valence electrons. The van der Waals surface area contributed by atoms with E-state index in [2.05, 4.69) is 15.0 Å². The highest BCUT2D eigenvalue weighted by Crippen LogP contribution is 1.90. The van der Waals surface area contributed by atoms with E-state index in [1.807, 2.05) is 13.8 Å². The number of ether oxygens (including phenoxy) is 1. The van der Waals surface area contributed by atoms with Crippen LogP contribution in [-0.2, 0) is 4.74 Å². The second kappa shape index (κ2) is 6.99. The Morgan fingerprint density at radius 3 is 2.64 bits per heavy atom. The van der Waals surface area contributed by atoms with Gasteiger partial charge in [-0.15, -0.1) is 0 Å². The number of rotatable bonds is 5. The molecule has 0 radical (unpaired) electrons. The van der Waals surface area contributed by atoms with Crippen molar-refractivity contribution in [3.63, 3.8) is 0 Å². The summed E-state index contributed by atoms with van der Waals surface area (Å²) in [6.07, 6.45) is -0.788. The Kier molecular flexibility index (Phi) is 6.26. The number of primary amides is 1. The number of nitrogens with one attached hydrogen (secondary N) is 1. The first-order valence-electron chi connectivity index (χ1n) is 4.48. The SMILES string of the molecule is CC(C)CN=C(N)NCCOC(N)=O. The lowest BCUT2D eigenvalue weighted by Gasteiger charge is -2.06. The van der Waals surface area contributed by atoms with Crippen LogP contribution in [0.2, 0.25) is 0 Å². The number of hydrogen-bond acceptors (Lipinski definition) is 3. The maximum atomic E-state index is 10.2. The topological polar surface area (TPSA) is 103 Å². The molecule has 0 unspecified atom stereocenters. The van der Waals surface area contributed by atoms with Crippen LogP contribution in [-0.4, -0.2) is 31.7 Å². The van der Waals surface area contributed by atoms with Gasteiger partial charge in [0.25, 0.3) is 0 Å². The van der Waals surface area contributed by atoms with Crippen molar-refractivity contribution in [2.45, 2.75) is 13.8 Å². The van der Waals surface area contributed by atoms with Gasteiger partial charge in [0, 0.05) is 6.54 Å². The van der Waals surface area contributed by atoms with Crippen molar-refractivity contribution < 1.29 is 9.53 Å². The molecule has 6 nitrogen and oxygen atoms in total. The zero-order chi connectivity index (χ0) is 11.0. The van der Waals surface area contributed by atoms with E-state index in [-0.39, 0.29) is 6.61 Å². The van der Waals surface area contributed by atoms with Gasteiger partial charge in [0.2, 0.25) is 0 Å². The number of guanidine groups is 1. The van der Waals surface area contributed by atoms with Crippen LogP contribution < -0.4 is 16.8 Å². The second-order valence-corrected chi connectivity index (χ2v) is 3.21. The number of nitrogens with zero attached hydrogens (tertiary/aromatic N) is 1. The molecule has 6 heteroatoms. The minimum Gasteiger partial charge on any atom is -0.448 e. The zero-order valence-corrected chi connectivity index (χ0v) is 8.62. The Bertz CT molecular complexity index is 204. The van der Waals surface area contributed by atoms with Gasteiger partial charge >= 0.3 is 6.09 Å². The third kappa shape index (κ3) is 8.63. The summed E-state index contributed by atoms with van der Waals surface area (Å²) in [7, 11) is 0. The Morgan fingerprint density at radius 2 is 2.14 bits per heavy atom. The first-order chi connectivity index (χ1) is 6.52. The van der Waals surface area contributed by atoms with Crippen molar-refractivity contribution in [1.29, 1.82) is 0 Å². The van der Waals surface area contributed by atoms with Gasteiger partial charge in [0.15, 0.2) is 5.96 Å². The van der Waals surface area contributed by atoms with Crippen LogP contribution in [0, 0.1) is 5.92 Å². The fourth-order valence-electron chi connectivity index (χ4n) is 0.668. The molecule has 0 bridgehead atoms. The van der Waals surface area contributed by atoms with E-state index in [0.29, 0.717) is 25.0 Å². The van der Waals surface area contributed by atoms with E-state index in [1.54, 1.807) is 0 Å². The highest BCUT2D eigenvalue weighted by atomic mass is 16.5. The predicted molar refractivity (Wildman–Crippen MR) is 54.9 cm³/mol. The molecule has 0 aromatic carbocycles. The number of aliphatic imine (C=N–C) groups is 1. The lowest BCUT2D eigenvalue weighted by Crippen LogP contribution is -2.35. The quantitative estimate of drug-likeness (QED) is 0.322. The molecule has 0 aliphatic heterocycles. The summed E-state index contributed by atoms with van der Waals surface area (Å²) in [5.74, 6) is 0.823. The summed E-state index contributed by atoms with van der Waals surface area (Å²) in [5.41, 5.74) is 10.3. The van der Waals surface area contributed by atoms with Gasteiger partial charge in [-0.1, -0.05) is 13.8 Å². The first-order valence-corrected chi connectivity index (χ1v) is 4.48. The van der Waals surface area contributed by atoms with Crippen LogP contribution >= 0.6 is 0 Å². The van der Waals surface area contributed by atoms with Crippen LogP contribution in [0.1, 0.15) is 13.8 Å². The summed E-state index contributed by atoms with van der Waals surface area (Å²) in [5, 5.41) is 2.79. The summed E-state index contributed by atoms with van der Waals surface area (Å²) in [6.45, 7) is 5.37. The van der Waals surface area contributed by atoms with Gasteiger partial charge in [0.1, 0.15) is 6.61 Å². The maximum absolute atomic E-state index is 10.2. The standard InChI is InChI=1S/C8H18N4O2/c1-6(2)5-12-7(9)11-3-4-14-8(10)13/h6H,3-5H2,1-2H3,(H2,10,13)(H3,9,11,12). The Labute approximate surface area is 83.7 Å². The fraction of sp³-hybridized carbons (Fsp3) is 0.750. The Hall–Kier alpha value is -1.46. The van der Waals surface area contributed by atoms with Crippen LogP contribution in [0.5, 0.6) is 0 Å². The number of hydrogen-bond donors (Lipinski definition) is 3. The van der Waals surface area contributed by atoms with Crippen LogP contribution in [0.15, 0.2) is 4.99 Å². The fourth-order valence-corrected chi connectivity index (χ4v) is 0.668. The van der Waals surface area contributed by atoms with Crippen molar-refractivity contribution in [2.75, 3.05) is 19.7 Å². The summed E-state index contributed by atoms with van der Waals surface area (Å²) >= 11 is 0. The lowest BCUT2D eigenvalue weighted by molar-refractivity contribution is 0.159. The molecule has 0 fully saturated rings. The smallest absolute Gasteiger partial charge is 0.404 e. The van der Waals surface area contributed by atoms with Crippen LogP contribution in [0.3, 0.4) is 0 Å². The average molecular weight is 202 g/mol. The molecule has 0 aromatic rings.